The standard InChI is InChI=1S/C14H19ClN2O2/c1-9-3-2-4-11(7-9)19-13-6-5-10(15)8-12(13)14(16)17-18/h5-6,8-9,11,18H,2-4,7H2,1H3,(H2,16,17). The molecule has 2 atom stereocenters. The van der Waals surface area contributed by atoms with Crippen molar-refractivity contribution in [3.8, 4) is 5.75 Å². The number of hydrogen-bond donors (Lipinski definition) is 2. The van der Waals surface area contributed by atoms with Crippen molar-refractivity contribution in [1.29, 1.82) is 0 Å². The molecule has 19 heavy (non-hydrogen) atoms. The summed E-state index contributed by atoms with van der Waals surface area (Å²) >= 11 is 5.94. The summed E-state index contributed by atoms with van der Waals surface area (Å²) in [4.78, 5) is 0. The van der Waals surface area contributed by atoms with Gasteiger partial charge in [-0.2, -0.15) is 0 Å². The Morgan fingerprint density at radius 2 is 2.26 bits per heavy atom. The summed E-state index contributed by atoms with van der Waals surface area (Å²) in [5.74, 6) is 1.32. The van der Waals surface area contributed by atoms with E-state index in [2.05, 4.69) is 12.1 Å². The second-order valence-electron chi connectivity index (χ2n) is 5.14. The molecule has 0 spiro atoms. The predicted molar refractivity (Wildman–Crippen MR) is 76.0 cm³/mol. The van der Waals surface area contributed by atoms with Crippen molar-refractivity contribution in [2.75, 3.05) is 0 Å². The summed E-state index contributed by atoms with van der Waals surface area (Å²) in [5.41, 5.74) is 6.19. The number of nitrogens with zero attached hydrogens (tertiary/aromatic N) is 1. The molecule has 4 nitrogen and oxygen atoms in total. The van der Waals surface area contributed by atoms with Gasteiger partial charge in [-0.25, -0.2) is 0 Å². The lowest BCUT2D eigenvalue weighted by atomic mass is 9.88. The van der Waals surface area contributed by atoms with Crippen LogP contribution in [-0.2, 0) is 0 Å². The highest BCUT2D eigenvalue weighted by Gasteiger charge is 2.21. The molecule has 2 unspecified atom stereocenters. The van der Waals surface area contributed by atoms with Gasteiger partial charge in [0, 0.05) is 5.02 Å². The number of amidine groups is 1. The maximum atomic E-state index is 8.82. The number of ether oxygens (including phenoxy) is 1. The minimum absolute atomic E-state index is 0.0151. The summed E-state index contributed by atoms with van der Waals surface area (Å²) in [6.45, 7) is 2.24. The SMILES string of the molecule is CC1CCCC(Oc2ccc(Cl)cc2C(N)=NO)C1. The van der Waals surface area contributed by atoms with Crippen LogP contribution in [0.2, 0.25) is 5.02 Å². The topological polar surface area (TPSA) is 67.8 Å². The van der Waals surface area contributed by atoms with Crippen molar-refractivity contribution >= 4 is 17.4 Å². The molecule has 0 aromatic heterocycles. The number of hydrogen-bond acceptors (Lipinski definition) is 3. The maximum absolute atomic E-state index is 8.82. The largest absolute Gasteiger partial charge is 0.490 e. The molecule has 1 fully saturated rings. The predicted octanol–water partition coefficient (Wildman–Crippen LogP) is 3.39. The smallest absolute Gasteiger partial charge is 0.173 e. The van der Waals surface area contributed by atoms with E-state index in [-0.39, 0.29) is 11.9 Å². The van der Waals surface area contributed by atoms with Gasteiger partial charge < -0.3 is 15.7 Å². The fourth-order valence-electron chi connectivity index (χ4n) is 2.52. The van der Waals surface area contributed by atoms with E-state index in [1.165, 1.54) is 12.8 Å². The van der Waals surface area contributed by atoms with Crippen LogP contribution in [-0.4, -0.2) is 17.1 Å². The van der Waals surface area contributed by atoms with Gasteiger partial charge in [0.15, 0.2) is 5.84 Å². The molecule has 0 bridgehead atoms. The van der Waals surface area contributed by atoms with Crippen molar-refractivity contribution in [3.05, 3.63) is 28.8 Å². The van der Waals surface area contributed by atoms with Gasteiger partial charge in [-0.15, -0.1) is 0 Å². The fourth-order valence-corrected chi connectivity index (χ4v) is 2.70. The van der Waals surface area contributed by atoms with Crippen LogP contribution in [0.3, 0.4) is 0 Å². The zero-order chi connectivity index (χ0) is 13.8. The molecule has 104 valence electrons. The molecule has 1 saturated carbocycles. The Morgan fingerprint density at radius 3 is 2.95 bits per heavy atom. The maximum Gasteiger partial charge on any atom is 0.173 e. The first-order valence-corrected chi connectivity index (χ1v) is 6.92. The Kier molecular flexibility index (Phi) is 4.53. The Labute approximate surface area is 118 Å². The quantitative estimate of drug-likeness (QED) is 0.386. The molecule has 0 heterocycles. The van der Waals surface area contributed by atoms with E-state index in [0.717, 1.165) is 12.8 Å². The fraction of sp³-hybridized carbons (Fsp3) is 0.500. The summed E-state index contributed by atoms with van der Waals surface area (Å²) in [5, 5.41) is 12.4. The lowest BCUT2D eigenvalue weighted by Gasteiger charge is -2.28. The van der Waals surface area contributed by atoms with Crippen LogP contribution in [0.4, 0.5) is 0 Å². The normalized spacial score (nSPS) is 24.2. The molecule has 0 amide bonds. The highest BCUT2D eigenvalue weighted by Crippen LogP contribution is 2.30. The Morgan fingerprint density at radius 1 is 1.47 bits per heavy atom. The van der Waals surface area contributed by atoms with E-state index in [1.807, 2.05) is 0 Å². The first-order chi connectivity index (χ1) is 9.10. The molecule has 1 aromatic carbocycles. The van der Waals surface area contributed by atoms with Crippen molar-refractivity contribution in [1.82, 2.24) is 0 Å². The average Bonchev–Trinajstić information content (AvgIpc) is 2.40. The highest BCUT2D eigenvalue weighted by atomic mass is 35.5. The summed E-state index contributed by atoms with van der Waals surface area (Å²) in [7, 11) is 0. The van der Waals surface area contributed by atoms with Crippen LogP contribution >= 0.6 is 11.6 Å². The molecule has 5 heteroatoms. The van der Waals surface area contributed by atoms with Gasteiger partial charge in [-0.1, -0.05) is 30.1 Å². The molecule has 1 aliphatic rings. The molecule has 2 rings (SSSR count). The van der Waals surface area contributed by atoms with Crippen LogP contribution in [0.25, 0.3) is 0 Å². The molecule has 1 aliphatic carbocycles. The molecule has 1 aromatic rings. The molecular weight excluding hydrogens is 264 g/mol. The molecular formula is C14H19ClN2O2. The molecule has 0 saturated heterocycles. The third-order valence-corrected chi connectivity index (χ3v) is 3.74. The third kappa shape index (κ3) is 3.53. The van der Waals surface area contributed by atoms with Gasteiger partial charge in [-0.3, -0.25) is 0 Å². The number of nitrogens with two attached hydrogens (primary N) is 1. The number of benzene rings is 1. The van der Waals surface area contributed by atoms with Gasteiger partial charge in [0.25, 0.3) is 0 Å². The summed E-state index contributed by atoms with van der Waals surface area (Å²) in [6.07, 6.45) is 4.71. The minimum Gasteiger partial charge on any atom is -0.490 e. The van der Waals surface area contributed by atoms with E-state index in [9.17, 15) is 0 Å². The van der Waals surface area contributed by atoms with Crippen LogP contribution in [0.5, 0.6) is 5.75 Å². The Balaban J connectivity index is 2.19. The van der Waals surface area contributed by atoms with Crippen LogP contribution in [0.15, 0.2) is 23.4 Å². The zero-order valence-electron chi connectivity index (χ0n) is 11.0. The Bertz CT molecular complexity index is 477. The molecule has 3 N–H and O–H groups in total. The van der Waals surface area contributed by atoms with E-state index in [0.29, 0.717) is 22.3 Å². The van der Waals surface area contributed by atoms with E-state index >= 15 is 0 Å². The van der Waals surface area contributed by atoms with Crippen LogP contribution in [0, 0.1) is 5.92 Å². The number of oxime groups is 1. The highest BCUT2D eigenvalue weighted by molar-refractivity contribution is 6.31. The summed E-state index contributed by atoms with van der Waals surface area (Å²) in [6, 6.07) is 5.17. The van der Waals surface area contributed by atoms with Gasteiger partial charge in [0.1, 0.15) is 5.75 Å². The average molecular weight is 283 g/mol. The van der Waals surface area contributed by atoms with Crippen molar-refractivity contribution in [3.63, 3.8) is 0 Å². The molecule has 0 radical (unpaired) electrons. The summed E-state index contributed by atoms with van der Waals surface area (Å²) < 4.78 is 6.00. The number of halogens is 1. The van der Waals surface area contributed by atoms with Crippen LogP contribution in [0.1, 0.15) is 38.2 Å². The lowest BCUT2D eigenvalue weighted by molar-refractivity contribution is 0.129. The Hall–Kier alpha value is -1.42. The number of rotatable bonds is 3. The third-order valence-electron chi connectivity index (χ3n) is 3.51. The molecule has 0 aliphatic heterocycles. The van der Waals surface area contributed by atoms with Gasteiger partial charge in [-0.05, 0) is 43.4 Å². The monoisotopic (exact) mass is 282 g/mol. The lowest BCUT2D eigenvalue weighted by Crippen LogP contribution is -2.25. The van der Waals surface area contributed by atoms with Crippen molar-refractivity contribution < 1.29 is 9.94 Å². The van der Waals surface area contributed by atoms with E-state index in [1.54, 1.807) is 18.2 Å². The van der Waals surface area contributed by atoms with Crippen molar-refractivity contribution in [2.45, 2.75) is 38.7 Å². The van der Waals surface area contributed by atoms with Crippen molar-refractivity contribution in [2.24, 2.45) is 16.8 Å². The first kappa shape index (κ1) is 14.0. The van der Waals surface area contributed by atoms with Crippen LogP contribution < -0.4 is 10.5 Å². The second kappa shape index (κ2) is 6.15. The van der Waals surface area contributed by atoms with Gasteiger partial charge in [0.2, 0.25) is 0 Å². The second-order valence-corrected chi connectivity index (χ2v) is 5.57. The van der Waals surface area contributed by atoms with E-state index in [4.69, 9.17) is 27.3 Å². The van der Waals surface area contributed by atoms with E-state index < -0.39 is 0 Å². The van der Waals surface area contributed by atoms with Gasteiger partial charge in [0.05, 0.1) is 11.7 Å². The minimum atomic E-state index is 0.0151. The van der Waals surface area contributed by atoms with Gasteiger partial charge >= 0.3 is 0 Å². The first-order valence-electron chi connectivity index (χ1n) is 6.54. The zero-order valence-corrected chi connectivity index (χ0v) is 11.7.